The zero-order chi connectivity index (χ0) is 13.8. The van der Waals surface area contributed by atoms with Crippen LogP contribution in [0.15, 0.2) is 42.7 Å². The molecule has 1 unspecified atom stereocenters. The first kappa shape index (κ1) is 13.3. The Labute approximate surface area is 119 Å². The van der Waals surface area contributed by atoms with E-state index in [1.165, 1.54) is 5.56 Å². The highest BCUT2D eigenvalue weighted by atomic mass is 16.3. The molecule has 0 aliphatic carbocycles. The molecule has 0 bridgehead atoms. The zero-order valence-electron chi connectivity index (χ0n) is 11.7. The minimum atomic E-state index is -0.179. The molecule has 1 saturated heterocycles. The molecule has 0 saturated carbocycles. The van der Waals surface area contributed by atoms with E-state index < -0.39 is 0 Å². The van der Waals surface area contributed by atoms with Crippen molar-refractivity contribution in [2.24, 2.45) is 0 Å². The summed E-state index contributed by atoms with van der Waals surface area (Å²) in [5.74, 6) is 1.07. The van der Waals surface area contributed by atoms with Gasteiger partial charge in [-0.25, -0.2) is 4.98 Å². The number of aliphatic hydroxyl groups is 1. The molecule has 4 heteroatoms. The summed E-state index contributed by atoms with van der Waals surface area (Å²) in [5.41, 5.74) is 1.28. The molecule has 1 aromatic carbocycles. The van der Waals surface area contributed by atoms with E-state index in [1.54, 1.807) is 0 Å². The summed E-state index contributed by atoms with van der Waals surface area (Å²) in [6.07, 6.45) is 5.71. The standard InChI is InChI=1S/C16H21N3O/c20-15-7-4-9-18(12-15)13-16-17-8-10-19(16)11-14-5-2-1-3-6-14/h1-3,5-6,8,10,15,20H,4,7,9,11-13H2. The van der Waals surface area contributed by atoms with Gasteiger partial charge in [0.15, 0.2) is 0 Å². The van der Waals surface area contributed by atoms with Gasteiger partial charge in [-0.05, 0) is 24.9 Å². The van der Waals surface area contributed by atoms with Crippen molar-refractivity contribution in [1.29, 1.82) is 0 Å². The Morgan fingerprint density at radius 1 is 1.20 bits per heavy atom. The third-order valence-corrected chi connectivity index (χ3v) is 3.84. The second-order valence-electron chi connectivity index (χ2n) is 5.49. The fourth-order valence-corrected chi connectivity index (χ4v) is 2.79. The summed E-state index contributed by atoms with van der Waals surface area (Å²) in [7, 11) is 0. The van der Waals surface area contributed by atoms with Crippen LogP contribution < -0.4 is 0 Å². The maximum atomic E-state index is 9.74. The van der Waals surface area contributed by atoms with Gasteiger partial charge in [0, 0.05) is 25.5 Å². The Balaban J connectivity index is 1.67. The monoisotopic (exact) mass is 271 g/mol. The number of aromatic nitrogens is 2. The molecule has 4 nitrogen and oxygen atoms in total. The van der Waals surface area contributed by atoms with Crippen molar-refractivity contribution in [3.63, 3.8) is 0 Å². The lowest BCUT2D eigenvalue weighted by Crippen LogP contribution is -2.38. The number of hydrogen-bond acceptors (Lipinski definition) is 3. The molecule has 2 heterocycles. The molecule has 0 amide bonds. The van der Waals surface area contributed by atoms with Crippen LogP contribution in [-0.2, 0) is 13.1 Å². The Morgan fingerprint density at radius 3 is 2.85 bits per heavy atom. The number of aliphatic hydroxyl groups excluding tert-OH is 1. The third kappa shape index (κ3) is 3.26. The molecule has 0 spiro atoms. The van der Waals surface area contributed by atoms with Gasteiger partial charge < -0.3 is 9.67 Å². The SMILES string of the molecule is OC1CCCN(Cc2nccn2Cc2ccccc2)C1. The fraction of sp³-hybridized carbons (Fsp3) is 0.438. The molecule has 1 aliphatic heterocycles. The molecule has 2 aromatic rings. The van der Waals surface area contributed by atoms with E-state index in [0.717, 1.165) is 44.8 Å². The van der Waals surface area contributed by atoms with Crippen molar-refractivity contribution in [1.82, 2.24) is 14.5 Å². The number of hydrogen-bond donors (Lipinski definition) is 1. The predicted octanol–water partition coefficient (Wildman–Crippen LogP) is 1.89. The van der Waals surface area contributed by atoms with Crippen molar-refractivity contribution in [3.05, 3.63) is 54.1 Å². The summed E-state index contributed by atoms with van der Waals surface area (Å²) in [6.45, 7) is 3.48. The molecule has 1 aliphatic rings. The second-order valence-corrected chi connectivity index (χ2v) is 5.49. The summed E-state index contributed by atoms with van der Waals surface area (Å²) in [5, 5.41) is 9.74. The van der Waals surface area contributed by atoms with E-state index in [0.29, 0.717) is 0 Å². The number of β-amino-alcohol motifs (C(OH)–C–C–N with tert-alkyl or cyclic N) is 1. The fourth-order valence-electron chi connectivity index (χ4n) is 2.79. The van der Waals surface area contributed by atoms with Crippen LogP contribution in [0.4, 0.5) is 0 Å². The largest absolute Gasteiger partial charge is 0.392 e. The lowest BCUT2D eigenvalue weighted by molar-refractivity contribution is 0.0650. The van der Waals surface area contributed by atoms with Crippen LogP contribution >= 0.6 is 0 Å². The lowest BCUT2D eigenvalue weighted by Gasteiger charge is -2.29. The lowest BCUT2D eigenvalue weighted by atomic mass is 10.1. The number of benzene rings is 1. The van der Waals surface area contributed by atoms with Crippen LogP contribution in [-0.4, -0.2) is 38.8 Å². The number of rotatable bonds is 4. The van der Waals surface area contributed by atoms with Crippen molar-refractivity contribution in [2.75, 3.05) is 13.1 Å². The van der Waals surface area contributed by atoms with Crippen LogP contribution in [0.5, 0.6) is 0 Å². The van der Waals surface area contributed by atoms with Crippen LogP contribution in [0.3, 0.4) is 0 Å². The molecular weight excluding hydrogens is 250 g/mol. The number of imidazole rings is 1. The summed E-state index contributed by atoms with van der Waals surface area (Å²) >= 11 is 0. The minimum absolute atomic E-state index is 0.179. The van der Waals surface area contributed by atoms with E-state index in [2.05, 4.69) is 38.7 Å². The molecular formula is C16H21N3O. The van der Waals surface area contributed by atoms with Crippen LogP contribution in [0, 0.1) is 0 Å². The first-order valence-electron chi connectivity index (χ1n) is 7.25. The third-order valence-electron chi connectivity index (χ3n) is 3.84. The van der Waals surface area contributed by atoms with E-state index in [4.69, 9.17) is 0 Å². The number of likely N-dealkylation sites (tertiary alicyclic amines) is 1. The number of nitrogens with zero attached hydrogens (tertiary/aromatic N) is 3. The molecule has 106 valence electrons. The minimum Gasteiger partial charge on any atom is -0.392 e. The highest BCUT2D eigenvalue weighted by Crippen LogP contribution is 2.13. The molecule has 20 heavy (non-hydrogen) atoms. The maximum absolute atomic E-state index is 9.74. The van der Waals surface area contributed by atoms with E-state index in [9.17, 15) is 5.11 Å². The normalized spacial score (nSPS) is 20.1. The second kappa shape index (κ2) is 6.20. The van der Waals surface area contributed by atoms with Crippen molar-refractivity contribution >= 4 is 0 Å². The van der Waals surface area contributed by atoms with E-state index in [-0.39, 0.29) is 6.10 Å². The average molecular weight is 271 g/mol. The van der Waals surface area contributed by atoms with Gasteiger partial charge in [0.1, 0.15) is 5.82 Å². The quantitative estimate of drug-likeness (QED) is 0.923. The molecule has 0 radical (unpaired) electrons. The Morgan fingerprint density at radius 2 is 2.05 bits per heavy atom. The van der Waals surface area contributed by atoms with Gasteiger partial charge in [0.25, 0.3) is 0 Å². The summed E-state index contributed by atoms with van der Waals surface area (Å²) in [6, 6.07) is 10.4. The van der Waals surface area contributed by atoms with Gasteiger partial charge in [-0.3, -0.25) is 4.90 Å². The van der Waals surface area contributed by atoms with E-state index in [1.807, 2.05) is 18.5 Å². The smallest absolute Gasteiger partial charge is 0.123 e. The Kier molecular flexibility index (Phi) is 4.14. The molecule has 3 rings (SSSR count). The molecule has 1 fully saturated rings. The van der Waals surface area contributed by atoms with Gasteiger partial charge >= 0.3 is 0 Å². The van der Waals surface area contributed by atoms with Crippen LogP contribution in [0.25, 0.3) is 0 Å². The molecule has 1 atom stereocenters. The van der Waals surface area contributed by atoms with Gasteiger partial charge in [0.2, 0.25) is 0 Å². The topological polar surface area (TPSA) is 41.3 Å². The van der Waals surface area contributed by atoms with Crippen LogP contribution in [0.1, 0.15) is 24.2 Å². The highest BCUT2D eigenvalue weighted by Gasteiger charge is 2.19. The average Bonchev–Trinajstić information content (AvgIpc) is 2.87. The first-order valence-corrected chi connectivity index (χ1v) is 7.25. The predicted molar refractivity (Wildman–Crippen MR) is 78.3 cm³/mol. The van der Waals surface area contributed by atoms with Crippen molar-refractivity contribution in [2.45, 2.75) is 32.0 Å². The zero-order valence-corrected chi connectivity index (χ0v) is 11.7. The van der Waals surface area contributed by atoms with Crippen LogP contribution in [0.2, 0.25) is 0 Å². The van der Waals surface area contributed by atoms with Crippen molar-refractivity contribution < 1.29 is 5.11 Å². The molecule has 1 aromatic heterocycles. The Bertz CT molecular complexity index is 538. The maximum Gasteiger partial charge on any atom is 0.123 e. The van der Waals surface area contributed by atoms with Gasteiger partial charge in [-0.1, -0.05) is 30.3 Å². The summed E-state index contributed by atoms with van der Waals surface area (Å²) < 4.78 is 2.19. The first-order chi connectivity index (χ1) is 9.81. The Hall–Kier alpha value is -1.65. The van der Waals surface area contributed by atoms with Gasteiger partial charge in [-0.15, -0.1) is 0 Å². The molecule has 1 N–H and O–H groups in total. The van der Waals surface area contributed by atoms with Crippen molar-refractivity contribution in [3.8, 4) is 0 Å². The van der Waals surface area contributed by atoms with Gasteiger partial charge in [-0.2, -0.15) is 0 Å². The van der Waals surface area contributed by atoms with Gasteiger partial charge in [0.05, 0.1) is 12.6 Å². The highest BCUT2D eigenvalue weighted by molar-refractivity contribution is 5.15. The number of piperidine rings is 1. The van der Waals surface area contributed by atoms with E-state index >= 15 is 0 Å². The summed E-state index contributed by atoms with van der Waals surface area (Å²) in [4.78, 5) is 6.76.